The number of fused-ring (bicyclic) bond motifs is 2. The first-order valence-electron chi connectivity index (χ1n) is 11.6. The molecule has 29 heavy (non-hydrogen) atoms. The summed E-state index contributed by atoms with van der Waals surface area (Å²) in [6.07, 6.45) is 7.62. The van der Waals surface area contributed by atoms with Crippen LogP contribution < -0.4 is 4.74 Å². The minimum atomic E-state index is -0.0883. The SMILES string of the molecule is COc1ccc(C)c(C23CCN(CC4CC4)C(C)C24CCC(N(C)C)(CO4)C3)c1. The summed E-state index contributed by atoms with van der Waals surface area (Å²) < 4.78 is 12.7. The Kier molecular flexibility index (Phi) is 4.58. The number of ether oxygens (including phenoxy) is 2. The van der Waals surface area contributed by atoms with Crippen molar-refractivity contribution in [2.45, 2.75) is 75.0 Å². The van der Waals surface area contributed by atoms with Crippen molar-refractivity contribution in [3.05, 3.63) is 29.3 Å². The molecule has 4 heteroatoms. The predicted molar refractivity (Wildman–Crippen MR) is 117 cm³/mol. The lowest BCUT2D eigenvalue weighted by molar-refractivity contribution is -0.270. The fourth-order valence-electron chi connectivity index (χ4n) is 7.00. The van der Waals surface area contributed by atoms with Gasteiger partial charge in [-0.25, -0.2) is 0 Å². The summed E-state index contributed by atoms with van der Waals surface area (Å²) in [5, 5.41) is 0. The van der Waals surface area contributed by atoms with Gasteiger partial charge in [0, 0.05) is 23.5 Å². The van der Waals surface area contributed by atoms with Gasteiger partial charge in [0.15, 0.2) is 0 Å². The maximum atomic E-state index is 7.04. The van der Waals surface area contributed by atoms with E-state index in [1.807, 2.05) is 0 Å². The molecule has 0 radical (unpaired) electrons. The van der Waals surface area contributed by atoms with Crippen molar-refractivity contribution in [2.75, 3.05) is 40.9 Å². The summed E-state index contributed by atoms with van der Waals surface area (Å²) in [5.41, 5.74) is 2.98. The number of aryl methyl sites for hydroxylation is 1. The molecule has 5 aliphatic rings. The Morgan fingerprint density at radius 3 is 2.62 bits per heavy atom. The van der Waals surface area contributed by atoms with Crippen LogP contribution in [0.1, 0.15) is 56.6 Å². The van der Waals surface area contributed by atoms with Gasteiger partial charge in [0.05, 0.1) is 19.3 Å². The minimum absolute atomic E-state index is 0.0614. The Hall–Kier alpha value is -1.10. The van der Waals surface area contributed by atoms with Gasteiger partial charge in [0.1, 0.15) is 5.75 Å². The number of benzene rings is 1. The third kappa shape index (κ3) is 2.75. The third-order valence-corrected chi connectivity index (χ3v) is 9.15. The van der Waals surface area contributed by atoms with Crippen molar-refractivity contribution in [3.63, 3.8) is 0 Å². The van der Waals surface area contributed by atoms with Gasteiger partial charge in [-0.2, -0.15) is 0 Å². The van der Waals surface area contributed by atoms with Crippen LogP contribution in [-0.2, 0) is 10.2 Å². The van der Waals surface area contributed by atoms with Crippen LogP contribution >= 0.6 is 0 Å². The first kappa shape index (κ1) is 19.8. The molecule has 1 aromatic rings. The van der Waals surface area contributed by atoms with Gasteiger partial charge in [0.25, 0.3) is 0 Å². The molecule has 4 nitrogen and oxygen atoms in total. The van der Waals surface area contributed by atoms with E-state index in [9.17, 15) is 0 Å². The van der Waals surface area contributed by atoms with E-state index in [-0.39, 0.29) is 16.6 Å². The molecule has 2 aliphatic carbocycles. The summed E-state index contributed by atoms with van der Waals surface area (Å²) in [6, 6.07) is 7.15. The highest BCUT2D eigenvalue weighted by molar-refractivity contribution is 5.46. The van der Waals surface area contributed by atoms with Gasteiger partial charge in [-0.1, -0.05) is 6.07 Å². The van der Waals surface area contributed by atoms with Crippen molar-refractivity contribution in [3.8, 4) is 5.75 Å². The van der Waals surface area contributed by atoms with Crippen molar-refractivity contribution in [2.24, 2.45) is 5.92 Å². The van der Waals surface area contributed by atoms with Crippen LogP contribution in [0.5, 0.6) is 5.75 Å². The molecule has 6 rings (SSSR count). The number of hydrogen-bond acceptors (Lipinski definition) is 4. The molecular formula is C25H38N2O2. The van der Waals surface area contributed by atoms with Gasteiger partial charge >= 0.3 is 0 Å². The zero-order valence-electron chi connectivity index (χ0n) is 19.0. The third-order valence-electron chi connectivity index (χ3n) is 9.15. The van der Waals surface area contributed by atoms with Crippen LogP contribution in [0.25, 0.3) is 0 Å². The second-order valence-electron chi connectivity index (χ2n) is 10.6. The van der Waals surface area contributed by atoms with Crippen LogP contribution in [-0.4, -0.2) is 67.9 Å². The van der Waals surface area contributed by atoms with E-state index in [2.05, 4.69) is 55.9 Å². The largest absolute Gasteiger partial charge is 0.497 e. The Labute approximate surface area is 176 Å². The summed E-state index contributed by atoms with van der Waals surface area (Å²) in [7, 11) is 6.28. The van der Waals surface area contributed by atoms with Crippen molar-refractivity contribution in [1.29, 1.82) is 0 Å². The smallest absolute Gasteiger partial charge is 0.119 e. The Balaban J connectivity index is 1.63. The lowest BCUT2D eigenvalue weighted by atomic mass is 9.48. The first-order chi connectivity index (χ1) is 13.9. The zero-order valence-corrected chi connectivity index (χ0v) is 19.0. The molecule has 0 aromatic heterocycles. The summed E-state index contributed by atoms with van der Waals surface area (Å²) in [5.74, 6) is 1.90. The van der Waals surface area contributed by atoms with Crippen LogP contribution in [0, 0.1) is 12.8 Å². The van der Waals surface area contributed by atoms with Gasteiger partial charge in [0.2, 0.25) is 0 Å². The normalized spacial score (nSPS) is 39.6. The van der Waals surface area contributed by atoms with Crippen molar-refractivity contribution < 1.29 is 9.47 Å². The number of rotatable bonds is 5. The topological polar surface area (TPSA) is 24.9 Å². The molecule has 1 aromatic carbocycles. The highest BCUT2D eigenvalue weighted by Crippen LogP contribution is 2.63. The van der Waals surface area contributed by atoms with Gasteiger partial charge in [-0.3, -0.25) is 4.90 Å². The molecule has 4 atom stereocenters. The Morgan fingerprint density at radius 1 is 1.21 bits per heavy atom. The van der Waals surface area contributed by atoms with E-state index < -0.39 is 0 Å². The second kappa shape index (κ2) is 6.70. The molecule has 3 aliphatic heterocycles. The van der Waals surface area contributed by atoms with E-state index in [4.69, 9.17) is 9.47 Å². The van der Waals surface area contributed by atoms with Crippen LogP contribution in [0.4, 0.5) is 0 Å². The van der Waals surface area contributed by atoms with Crippen molar-refractivity contribution in [1.82, 2.24) is 9.80 Å². The molecule has 4 unspecified atom stereocenters. The van der Waals surface area contributed by atoms with Gasteiger partial charge < -0.3 is 14.4 Å². The lowest BCUT2D eigenvalue weighted by Gasteiger charge is -2.70. The fraction of sp³-hybridized carbons (Fsp3) is 0.760. The molecule has 0 N–H and O–H groups in total. The lowest BCUT2D eigenvalue weighted by Crippen LogP contribution is -2.78. The standard InChI is InChI=1S/C25H38N2O2/c1-18-6-9-21(28-5)14-22(18)24-12-13-27(15-20-7-8-20)19(2)25(24)11-10-23(16-24,17-29-25)26(3)4/h6,9,14,19-20H,7-8,10-13,15-17H2,1-5H3. The van der Waals surface area contributed by atoms with E-state index in [0.29, 0.717) is 6.04 Å². The summed E-state index contributed by atoms with van der Waals surface area (Å²) >= 11 is 0. The van der Waals surface area contributed by atoms with Gasteiger partial charge in [-0.15, -0.1) is 0 Å². The Bertz CT molecular complexity index is 779. The Morgan fingerprint density at radius 2 is 2.00 bits per heavy atom. The van der Waals surface area contributed by atoms with E-state index in [1.54, 1.807) is 7.11 Å². The molecule has 160 valence electrons. The predicted octanol–water partition coefficient (Wildman–Crippen LogP) is 4.00. The molecule has 1 spiro atoms. The number of likely N-dealkylation sites (N-methyl/N-ethyl adjacent to an activating group) is 1. The summed E-state index contributed by atoms with van der Waals surface area (Å²) in [4.78, 5) is 5.22. The number of hydrogen-bond donors (Lipinski definition) is 0. The van der Waals surface area contributed by atoms with Crippen LogP contribution in [0.3, 0.4) is 0 Å². The molecule has 3 saturated heterocycles. The van der Waals surface area contributed by atoms with Crippen LogP contribution in [0.2, 0.25) is 0 Å². The number of piperidine rings is 1. The zero-order chi connectivity index (χ0) is 20.4. The second-order valence-corrected chi connectivity index (χ2v) is 10.6. The number of nitrogens with zero attached hydrogens (tertiary/aromatic N) is 2. The quantitative estimate of drug-likeness (QED) is 0.748. The number of likely N-dealkylation sites (tertiary alicyclic amines) is 1. The molecular weight excluding hydrogens is 360 g/mol. The first-order valence-corrected chi connectivity index (χ1v) is 11.6. The molecule has 0 amide bonds. The van der Waals surface area contributed by atoms with Gasteiger partial charge in [-0.05, 0) is 102 Å². The summed E-state index contributed by atoms with van der Waals surface area (Å²) in [6.45, 7) is 8.05. The van der Waals surface area contributed by atoms with Crippen LogP contribution in [0.15, 0.2) is 18.2 Å². The maximum absolute atomic E-state index is 7.04. The molecule has 2 saturated carbocycles. The molecule has 2 bridgehead atoms. The average Bonchev–Trinajstić information content (AvgIpc) is 3.55. The van der Waals surface area contributed by atoms with Crippen molar-refractivity contribution >= 4 is 0 Å². The maximum Gasteiger partial charge on any atom is 0.119 e. The minimum Gasteiger partial charge on any atom is -0.497 e. The highest BCUT2D eigenvalue weighted by atomic mass is 16.5. The monoisotopic (exact) mass is 398 g/mol. The number of methoxy groups -OCH3 is 1. The van der Waals surface area contributed by atoms with E-state index in [1.165, 1.54) is 56.3 Å². The van der Waals surface area contributed by atoms with E-state index in [0.717, 1.165) is 24.7 Å². The molecule has 3 heterocycles. The van der Waals surface area contributed by atoms with E-state index >= 15 is 0 Å². The fourth-order valence-corrected chi connectivity index (χ4v) is 7.00. The highest BCUT2D eigenvalue weighted by Gasteiger charge is 2.69. The average molecular weight is 399 g/mol. The molecule has 5 fully saturated rings.